The number of hydrogen-bond donors (Lipinski definition) is 1. The monoisotopic (exact) mass is 418 g/mol. The third-order valence-electron chi connectivity index (χ3n) is 5.67. The summed E-state index contributed by atoms with van der Waals surface area (Å²) in [7, 11) is 1.70. The first kappa shape index (κ1) is 21.6. The van der Waals surface area contributed by atoms with Gasteiger partial charge >= 0.3 is 6.03 Å². The van der Waals surface area contributed by atoms with Crippen molar-refractivity contribution in [2.24, 2.45) is 13.0 Å². The van der Waals surface area contributed by atoms with Crippen LogP contribution in [0.2, 0.25) is 5.02 Å². The summed E-state index contributed by atoms with van der Waals surface area (Å²) < 4.78 is 1.53. The molecule has 1 aliphatic carbocycles. The number of amides is 2. The minimum atomic E-state index is -0.334. The lowest BCUT2D eigenvalue weighted by Gasteiger charge is -2.33. The second-order valence-electron chi connectivity index (χ2n) is 8.50. The molecule has 0 aliphatic heterocycles. The Morgan fingerprint density at radius 3 is 2.62 bits per heavy atom. The number of nitrogens with one attached hydrogen (secondary N) is 1. The molecule has 1 heterocycles. The lowest BCUT2D eigenvalue weighted by Crippen LogP contribution is -2.48. The summed E-state index contributed by atoms with van der Waals surface area (Å²) in [5.41, 5.74) is 0.438. The quantitative estimate of drug-likeness (QED) is 0.768. The highest BCUT2D eigenvalue weighted by Crippen LogP contribution is 2.23. The molecule has 0 saturated heterocycles. The Labute approximate surface area is 177 Å². The lowest BCUT2D eigenvalue weighted by molar-refractivity contribution is 0.159. The van der Waals surface area contributed by atoms with Gasteiger partial charge in [-0.1, -0.05) is 44.7 Å². The fourth-order valence-electron chi connectivity index (χ4n) is 4.09. The summed E-state index contributed by atoms with van der Waals surface area (Å²) in [4.78, 5) is 32.6. The molecule has 0 radical (unpaired) electrons. The SMILES string of the molecule is CC(C)CN(C(=O)NC1CCCCC1)C(C)c1nc2ccc(Cl)cc2c(=O)n1C. The molecule has 1 N–H and O–H groups in total. The number of urea groups is 1. The van der Waals surface area contributed by atoms with E-state index in [4.69, 9.17) is 16.6 Å². The molecule has 6 nitrogen and oxygen atoms in total. The van der Waals surface area contributed by atoms with Crippen LogP contribution in [0.3, 0.4) is 0 Å². The zero-order valence-corrected chi connectivity index (χ0v) is 18.5. The van der Waals surface area contributed by atoms with Gasteiger partial charge in [-0.15, -0.1) is 0 Å². The van der Waals surface area contributed by atoms with Crippen LogP contribution < -0.4 is 10.9 Å². The highest BCUT2D eigenvalue weighted by Gasteiger charge is 2.28. The van der Waals surface area contributed by atoms with Crippen molar-refractivity contribution in [3.63, 3.8) is 0 Å². The first-order valence-corrected chi connectivity index (χ1v) is 10.9. The number of aromatic nitrogens is 2. The van der Waals surface area contributed by atoms with Gasteiger partial charge < -0.3 is 10.2 Å². The number of hydrogen-bond acceptors (Lipinski definition) is 3. The molecule has 1 atom stereocenters. The van der Waals surface area contributed by atoms with Crippen LogP contribution in [-0.4, -0.2) is 33.1 Å². The van der Waals surface area contributed by atoms with Crippen LogP contribution in [-0.2, 0) is 7.05 Å². The van der Waals surface area contributed by atoms with Gasteiger partial charge in [0.1, 0.15) is 5.82 Å². The van der Waals surface area contributed by atoms with Crippen LogP contribution in [0.5, 0.6) is 0 Å². The van der Waals surface area contributed by atoms with E-state index in [2.05, 4.69) is 19.2 Å². The lowest BCUT2D eigenvalue weighted by atomic mass is 9.96. The maximum absolute atomic E-state index is 13.1. The standard InChI is InChI=1S/C22H31ClN4O2/c1-14(2)13-27(22(29)24-17-8-6-5-7-9-17)15(3)20-25-19-11-10-16(23)12-18(19)21(28)26(20)4/h10-12,14-15,17H,5-9,13H2,1-4H3,(H,24,29). The van der Waals surface area contributed by atoms with E-state index in [1.54, 1.807) is 25.2 Å². The first-order valence-electron chi connectivity index (χ1n) is 10.5. The Kier molecular flexibility index (Phi) is 6.83. The Morgan fingerprint density at radius 1 is 1.28 bits per heavy atom. The fourth-order valence-corrected chi connectivity index (χ4v) is 4.26. The van der Waals surface area contributed by atoms with Crippen LogP contribution in [0, 0.1) is 5.92 Å². The van der Waals surface area contributed by atoms with Gasteiger partial charge in [0.15, 0.2) is 0 Å². The summed E-state index contributed by atoms with van der Waals surface area (Å²) in [6.45, 7) is 6.70. The van der Waals surface area contributed by atoms with Crippen LogP contribution in [0.4, 0.5) is 4.79 Å². The predicted molar refractivity (Wildman–Crippen MR) is 117 cm³/mol. The van der Waals surface area contributed by atoms with Crippen LogP contribution in [0.25, 0.3) is 10.9 Å². The summed E-state index contributed by atoms with van der Waals surface area (Å²) in [6.07, 6.45) is 5.62. The number of carbonyl (C=O) groups is 1. The van der Waals surface area contributed by atoms with E-state index in [0.717, 1.165) is 25.7 Å². The maximum atomic E-state index is 13.1. The molecule has 29 heavy (non-hydrogen) atoms. The molecular weight excluding hydrogens is 388 g/mol. The first-order chi connectivity index (χ1) is 13.8. The zero-order valence-electron chi connectivity index (χ0n) is 17.7. The molecule has 1 aromatic heterocycles. The molecular formula is C22H31ClN4O2. The second-order valence-corrected chi connectivity index (χ2v) is 8.94. The Morgan fingerprint density at radius 2 is 1.97 bits per heavy atom. The van der Waals surface area contributed by atoms with Gasteiger partial charge in [0.25, 0.3) is 5.56 Å². The van der Waals surface area contributed by atoms with E-state index in [-0.39, 0.29) is 23.7 Å². The third-order valence-corrected chi connectivity index (χ3v) is 5.90. The number of rotatable bonds is 5. The molecule has 0 bridgehead atoms. The Balaban J connectivity index is 1.93. The Bertz CT molecular complexity index is 934. The Hall–Kier alpha value is -2.08. The van der Waals surface area contributed by atoms with Gasteiger partial charge in [-0.25, -0.2) is 9.78 Å². The largest absolute Gasteiger partial charge is 0.335 e. The average Bonchev–Trinajstić information content (AvgIpc) is 2.69. The van der Waals surface area contributed by atoms with E-state index in [1.165, 1.54) is 11.0 Å². The molecule has 1 saturated carbocycles. The molecule has 7 heteroatoms. The van der Waals surface area contributed by atoms with Crippen molar-refractivity contribution in [3.8, 4) is 0 Å². The van der Waals surface area contributed by atoms with Gasteiger partial charge in [0, 0.05) is 24.7 Å². The molecule has 0 spiro atoms. The summed E-state index contributed by atoms with van der Waals surface area (Å²) in [5.74, 6) is 0.870. The van der Waals surface area contributed by atoms with Crippen LogP contribution >= 0.6 is 11.6 Å². The van der Waals surface area contributed by atoms with Crippen molar-refractivity contribution in [2.75, 3.05) is 6.54 Å². The van der Waals surface area contributed by atoms with Crippen molar-refractivity contribution < 1.29 is 4.79 Å². The number of nitrogens with zero attached hydrogens (tertiary/aromatic N) is 3. The maximum Gasteiger partial charge on any atom is 0.318 e. The van der Waals surface area contributed by atoms with Crippen molar-refractivity contribution in [1.82, 2.24) is 19.8 Å². The zero-order chi connectivity index (χ0) is 21.1. The second kappa shape index (κ2) is 9.16. The summed E-state index contributed by atoms with van der Waals surface area (Å²) >= 11 is 6.05. The summed E-state index contributed by atoms with van der Waals surface area (Å²) in [6, 6.07) is 4.94. The number of carbonyl (C=O) groups excluding carboxylic acids is 1. The average molecular weight is 419 g/mol. The van der Waals surface area contributed by atoms with Gasteiger partial charge in [0.05, 0.1) is 16.9 Å². The molecule has 1 aliphatic rings. The molecule has 3 rings (SSSR count). The normalized spacial score (nSPS) is 16.2. The molecule has 158 valence electrons. The molecule has 1 aromatic carbocycles. The van der Waals surface area contributed by atoms with Gasteiger partial charge in [-0.3, -0.25) is 9.36 Å². The minimum absolute atomic E-state index is 0.0800. The third kappa shape index (κ3) is 4.92. The van der Waals surface area contributed by atoms with Gasteiger partial charge in [-0.05, 0) is 43.9 Å². The molecule has 2 amide bonds. The highest BCUT2D eigenvalue weighted by molar-refractivity contribution is 6.31. The van der Waals surface area contributed by atoms with Crippen molar-refractivity contribution in [2.45, 2.75) is 65.0 Å². The van der Waals surface area contributed by atoms with Crippen LogP contribution in [0.15, 0.2) is 23.0 Å². The van der Waals surface area contributed by atoms with E-state index >= 15 is 0 Å². The van der Waals surface area contributed by atoms with E-state index in [9.17, 15) is 9.59 Å². The van der Waals surface area contributed by atoms with Crippen molar-refractivity contribution in [3.05, 3.63) is 39.4 Å². The number of benzene rings is 1. The smallest absolute Gasteiger partial charge is 0.318 e. The van der Waals surface area contributed by atoms with E-state index < -0.39 is 0 Å². The van der Waals surface area contributed by atoms with Crippen molar-refractivity contribution in [1.29, 1.82) is 0 Å². The van der Waals surface area contributed by atoms with Crippen molar-refractivity contribution >= 4 is 28.5 Å². The minimum Gasteiger partial charge on any atom is -0.335 e. The fraction of sp³-hybridized carbons (Fsp3) is 0.591. The van der Waals surface area contributed by atoms with Gasteiger partial charge in [0.2, 0.25) is 0 Å². The topological polar surface area (TPSA) is 67.2 Å². The highest BCUT2D eigenvalue weighted by atomic mass is 35.5. The van der Waals surface area contributed by atoms with Crippen LogP contribution in [0.1, 0.15) is 64.7 Å². The molecule has 1 fully saturated rings. The van der Waals surface area contributed by atoms with E-state index in [1.807, 2.05) is 11.8 Å². The molecule has 2 aromatic rings. The summed E-state index contributed by atoms with van der Waals surface area (Å²) in [5, 5.41) is 4.20. The molecule has 1 unspecified atom stereocenters. The van der Waals surface area contributed by atoms with E-state index in [0.29, 0.717) is 34.2 Å². The number of fused-ring (bicyclic) bond motifs is 1. The number of halogens is 1. The predicted octanol–water partition coefficient (Wildman–Crippen LogP) is 4.65. The van der Waals surface area contributed by atoms with Gasteiger partial charge in [-0.2, -0.15) is 0 Å².